The first kappa shape index (κ1) is 20.9. The van der Waals surface area contributed by atoms with Crippen molar-refractivity contribution in [3.8, 4) is 16.9 Å². The molecule has 31 heavy (non-hydrogen) atoms. The van der Waals surface area contributed by atoms with E-state index < -0.39 is 11.9 Å². The van der Waals surface area contributed by atoms with Gasteiger partial charge in [0.05, 0.1) is 19.1 Å². The quantitative estimate of drug-likeness (QED) is 0.525. The third-order valence-corrected chi connectivity index (χ3v) is 5.97. The fraction of sp³-hybridized carbons (Fsp3) is 0.269. The highest BCUT2D eigenvalue weighted by Gasteiger charge is 2.21. The lowest BCUT2D eigenvalue weighted by Gasteiger charge is -2.28. The van der Waals surface area contributed by atoms with Crippen molar-refractivity contribution in [1.82, 2.24) is 0 Å². The molecular weight excluding hydrogens is 393 g/mol. The molecule has 160 valence electrons. The molecule has 0 fully saturated rings. The molecule has 0 aromatic heterocycles. The van der Waals surface area contributed by atoms with Crippen molar-refractivity contribution in [2.24, 2.45) is 5.92 Å². The van der Waals surface area contributed by atoms with E-state index in [0.717, 1.165) is 35.2 Å². The van der Waals surface area contributed by atoms with Gasteiger partial charge >= 0.3 is 5.97 Å². The first-order valence-corrected chi connectivity index (χ1v) is 10.5. The first-order chi connectivity index (χ1) is 14.9. The summed E-state index contributed by atoms with van der Waals surface area (Å²) < 4.78 is 19.5. The van der Waals surface area contributed by atoms with E-state index in [1.165, 1.54) is 11.6 Å². The number of fused-ring (bicyclic) bond motifs is 1. The fourth-order valence-corrected chi connectivity index (χ4v) is 4.10. The predicted octanol–water partition coefficient (Wildman–Crippen LogP) is 5.86. The van der Waals surface area contributed by atoms with E-state index in [1.54, 1.807) is 26.2 Å². The van der Waals surface area contributed by atoms with E-state index in [4.69, 9.17) is 4.74 Å². The highest BCUT2D eigenvalue weighted by atomic mass is 19.1. The van der Waals surface area contributed by atoms with E-state index in [1.807, 2.05) is 30.3 Å². The number of rotatable bonds is 6. The average Bonchev–Trinajstić information content (AvgIpc) is 2.79. The second kappa shape index (κ2) is 8.80. The maximum Gasteiger partial charge on any atom is 0.306 e. The van der Waals surface area contributed by atoms with Crippen molar-refractivity contribution in [1.29, 1.82) is 0 Å². The maximum atomic E-state index is 14.3. The number of aliphatic carboxylic acids is 1. The molecule has 0 aliphatic carbocycles. The second-order valence-corrected chi connectivity index (χ2v) is 8.14. The van der Waals surface area contributed by atoms with E-state index in [-0.39, 0.29) is 11.9 Å². The standard InChI is InChI=1S/C26H26FNO3/c1-16(26(29)30)13-17-3-4-20-9-12-24(28-25(20)14-17)19-7-5-18(6-8-19)22-15-21(31-2)10-11-23(22)27/h3-8,10-11,14-16,24,28H,9,12-13H2,1-2H3,(H,29,30)/t16-,24?/m0/s1. The molecule has 1 heterocycles. The molecule has 1 unspecified atom stereocenters. The van der Waals surface area contributed by atoms with Crippen LogP contribution < -0.4 is 10.1 Å². The number of benzene rings is 3. The van der Waals surface area contributed by atoms with Crippen molar-refractivity contribution in [3.05, 3.63) is 83.2 Å². The SMILES string of the molecule is COc1ccc(F)c(-c2ccc(C3CCc4ccc(C[C@H](C)C(=O)O)cc4N3)cc2)c1. The molecule has 1 aliphatic heterocycles. The molecule has 1 aliphatic rings. The van der Waals surface area contributed by atoms with Crippen LogP contribution in [0.15, 0.2) is 60.7 Å². The zero-order chi connectivity index (χ0) is 22.0. The van der Waals surface area contributed by atoms with Gasteiger partial charge in [-0.1, -0.05) is 43.3 Å². The largest absolute Gasteiger partial charge is 0.497 e. The average molecular weight is 419 g/mol. The van der Waals surface area contributed by atoms with Crippen LogP contribution in [-0.2, 0) is 17.6 Å². The van der Waals surface area contributed by atoms with Crippen LogP contribution in [0.4, 0.5) is 10.1 Å². The molecule has 2 N–H and O–H groups in total. The molecule has 4 nitrogen and oxygen atoms in total. The Balaban J connectivity index is 1.52. The summed E-state index contributed by atoms with van der Waals surface area (Å²) in [5.41, 5.74) is 5.80. The summed E-state index contributed by atoms with van der Waals surface area (Å²) in [6.45, 7) is 1.73. The Morgan fingerprint density at radius 2 is 1.94 bits per heavy atom. The van der Waals surface area contributed by atoms with Gasteiger partial charge in [0, 0.05) is 11.3 Å². The Hall–Kier alpha value is -3.34. The van der Waals surface area contributed by atoms with E-state index >= 15 is 0 Å². The molecule has 3 aromatic rings. The number of carbonyl (C=O) groups is 1. The highest BCUT2D eigenvalue weighted by molar-refractivity contribution is 5.70. The number of carboxylic acid groups (broad SMARTS) is 1. The molecule has 0 amide bonds. The van der Waals surface area contributed by atoms with Gasteiger partial charge in [0.25, 0.3) is 0 Å². The molecular formula is C26H26FNO3. The number of hydrogen-bond donors (Lipinski definition) is 2. The lowest BCUT2D eigenvalue weighted by atomic mass is 9.90. The molecule has 0 saturated heterocycles. The van der Waals surface area contributed by atoms with Gasteiger partial charge in [0.2, 0.25) is 0 Å². The number of hydrogen-bond acceptors (Lipinski definition) is 3. The Morgan fingerprint density at radius 3 is 2.65 bits per heavy atom. The Morgan fingerprint density at radius 1 is 1.16 bits per heavy atom. The second-order valence-electron chi connectivity index (χ2n) is 8.14. The number of nitrogens with one attached hydrogen (secondary N) is 1. The van der Waals surface area contributed by atoms with Crippen LogP contribution in [0.5, 0.6) is 5.75 Å². The molecule has 0 bridgehead atoms. The lowest BCUT2D eigenvalue weighted by Crippen LogP contribution is -2.18. The lowest BCUT2D eigenvalue weighted by molar-refractivity contribution is -0.141. The number of aryl methyl sites for hydroxylation is 1. The Kier molecular flexibility index (Phi) is 5.94. The summed E-state index contributed by atoms with van der Waals surface area (Å²) >= 11 is 0. The summed E-state index contributed by atoms with van der Waals surface area (Å²) in [6.07, 6.45) is 2.43. The van der Waals surface area contributed by atoms with Gasteiger partial charge in [-0.05, 0) is 65.8 Å². The zero-order valence-corrected chi connectivity index (χ0v) is 17.7. The molecule has 2 atom stereocenters. The molecule has 0 saturated carbocycles. The monoisotopic (exact) mass is 419 g/mol. The van der Waals surface area contributed by atoms with Crippen molar-refractivity contribution >= 4 is 11.7 Å². The molecule has 0 spiro atoms. The van der Waals surface area contributed by atoms with Gasteiger partial charge < -0.3 is 15.2 Å². The van der Waals surface area contributed by atoms with Crippen molar-refractivity contribution in [2.45, 2.75) is 32.2 Å². The van der Waals surface area contributed by atoms with E-state index in [0.29, 0.717) is 17.7 Å². The zero-order valence-electron chi connectivity index (χ0n) is 17.7. The molecule has 5 heteroatoms. The first-order valence-electron chi connectivity index (χ1n) is 10.5. The smallest absolute Gasteiger partial charge is 0.306 e. The summed E-state index contributed by atoms with van der Waals surface area (Å²) in [5.74, 6) is -0.849. The van der Waals surface area contributed by atoms with Gasteiger partial charge in [0.1, 0.15) is 11.6 Å². The van der Waals surface area contributed by atoms with Gasteiger partial charge in [-0.3, -0.25) is 4.79 Å². The van der Waals surface area contributed by atoms with Crippen LogP contribution in [-0.4, -0.2) is 18.2 Å². The normalized spacial score (nSPS) is 16.2. The van der Waals surface area contributed by atoms with Crippen molar-refractivity contribution in [2.75, 3.05) is 12.4 Å². The number of ether oxygens (including phenoxy) is 1. The minimum Gasteiger partial charge on any atom is -0.497 e. The molecule has 3 aromatic carbocycles. The minimum absolute atomic E-state index is 0.156. The predicted molar refractivity (Wildman–Crippen MR) is 120 cm³/mol. The fourth-order valence-electron chi connectivity index (χ4n) is 4.10. The van der Waals surface area contributed by atoms with Gasteiger partial charge in [0.15, 0.2) is 0 Å². The van der Waals surface area contributed by atoms with E-state index in [2.05, 4.69) is 17.4 Å². The summed E-state index contributed by atoms with van der Waals surface area (Å²) in [6, 6.07) is 19.0. The van der Waals surface area contributed by atoms with E-state index in [9.17, 15) is 14.3 Å². The number of methoxy groups -OCH3 is 1. The number of halogens is 1. The molecule has 4 rings (SSSR count). The van der Waals surface area contributed by atoms with Crippen molar-refractivity contribution in [3.63, 3.8) is 0 Å². The maximum absolute atomic E-state index is 14.3. The van der Waals surface area contributed by atoms with Crippen LogP contribution in [0, 0.1) is 11.7 Å². The van der Waals surface area contributed by atoms with Crippen LogP contribution in [0.1, 0.15) is 36.1 Å². The third kappa shape index (κ3) is 4.55. The Bertz CT molecular complexity index is 1090. The van der Waals surface area contributed by atoms with Crippen LogP contribution in [0.25, 0.3) is 11.1 Å². The third-order valence-electron chi connectivity index (χ3n) is 5.97. The Labute approximate surface area is 181 Å². The van der Waals surface area contributed by atoms with Gasteiger partial charge in [-0.25, -0.2) is 4.39 Å². The summed E-state index contributed by atoms with van der Waals surface area (Å²) in [4.78, 5) is 11.2. The number of anilines is 1. The summed E-state index contributed by atoms with van der Waals surface area (Å²) in [5, 5.41) is 12.8. The van der Waals surface area contributed by atoms with Crippen LogP contribution in [0.3, 0.4) is 0 Å². The minimum atomic E-state index is -0.781. The molecule has 0 radical (unpaired) electrons. The van der Waals surface area contributed by atoms with Gasteiger partial charge in [-0.15, -0.1) is 0 Å². The van der Waals surface area contributed by atoms with Crippen LogP contribution in [0.2, 0.25) is 0 Å². The van der Waals surface area contributed by atoms with Crippen molar-refractivity contribution < 1.29 is 19.0 Å². The summed E-state index contributed by atoms with van der Waals surface area (Å²) in [7, 11) is 1.57. The number of carboxylic acids is 1. The van der Waals surface area contributed by atoms with Gasteiger partial charge in [-0.2, -0.15) is 0 Å². The highest BCUT2D eigenvalue weighted by Crippen LogP contribution is 2.35. The van der Waals surface area contributed by atoms with Crippen LogP contribution >= 0.6 is 0 Å². The topological polar surface area (TPSA) is 58.6 Å².